The molecule has 0 aliphatic carbocycles. The van der Waals surface area contributed by atoms with Crippen molar-refractivity contribution in [3.8, 4) is 5.82 Å². The number of pyridine rings is 1. The zero-order valence-electron chi connectivity index (χ0n) is 15.7. The molecule has 3 heterocycles. The number of para-hydroxylation sites is 1. The first kappa shape index (κ1) is 18.9. The number of carbonyl (C=O) groups is 1. The molecular formula is C20H17N5O3S. The number of nitrogens with zero attached hydrogens (tertiary/aromatic N) is 4. The molecule has 0 atom stereocenters. The van der Waals surface area contributed by atoms with Crippen molar-refractivity contribution >= 4 is 34.5 Å². The van der Waals surface area contributed by atoms with Crippen LogP contribution in [0, 0.1) is 13.8 Å². The summed E-state index contributed by atoms with van der Waals surface area (Å²) in [5, 5.41) is 7.24. The number of rotatable bonds is 5. The summed E-state index contributed by atoms with van der Waals surface area (Å²) in [6.45, 7) is 3.69. The van der Waals surface area contributed by atoms with Crippen LogP contribution in [0.2, 0.25) is 0 Å². The molecular weight excluding hydrogens is 390 g/mol. The van der Waals surface area contributed by atoms with E-state index in [9.17, 15) is 9.59 Å². The van der Waals surface area contributed by atoms with Crippen LogP contribution in [-0.4, -0.2) is 31.4 Å². The monoisotopic (exact) mass is 407 g/mol. The first-order valence-corrected chi connectivity index (χ1v) is 9.80. The summed E-state index contributed by atoms with van der Waals surface area (Å²) in [5.74, 6) is 0.479. The van der Waals surface area contributed by atoms with E-state index in [1.54, 1.807) is 43.5 Å². The average Bonchev–Trinajstić information content (AvgIpc) is 3.11. The fraction of sp³-hybridized carbons (Fsp3) is 0.150. The number of hydrogen-bond acceptors (Lipinski definition) is 7. The summed E-state index contributed by atoms with van der Waals surface area (Å²) in [7, 11) is 0. The van der Waals surface area contributed by atoms with E-state index in [1.807, 2.05) is 19.1 Å². The largest absolute Gasteiger partial charge is 0.338 e. The van der Waals surface area contributed by atoms with Crippen LogP contribution in [0.1, 0.15) is 11.3 Å². The van der Waals surface area contributed by atoms with E-state index < -0.39 is 0 Å². The van der Waals surface area contributed by atoms with Crippen LogP contribution < -0.4 is 10.9 Å². The predicted octanol–water partition coefficient (Wildman–Crippen LogP) is 3.12. The molecule has 1 aromatic carbocycles. The van der Waals surface area contributed by atoms with Crippen molar-refractivity contribution in [1.82, 2.24) is 19.7 Å². The lowest BCUT2D eigenvalue weighted by molar-refractivity contribution is -0.113. The Labute approximate surface area is 170 Å². The number of benzene rings is 1. The summed E-state index contributed by atoms with van der Waals surface area (Å²) in [6, 6.07) is 12.4. The van der Waals surface area contributed by atoms with Crippen molar-refractivity contribution in [2.75, 3.05) is 11.1 Å². The number of anilines is 1. The van der Waals surface area contributed by atoms with E-state index >= 15 is 0 Å². The molecule has 8 nitrogen and oxygen atoms in total. The van der Waals surface area contributed by atoms with Crippen molar-refractivity contribution in [1.29, 1.82) is 0 Å². The molecule has 1 N–H and O–H groups in total. The van der Waals surface area contributed by atoms with Crippen LogP contribution in [0.5, 0.6) is 0 Å². The third kappa shape index (κ3) is 4.04. The summed E-state index contributed by atoms with van der Waals surface area (Å²) in [4.78, 5) is 34.4. The highest BCUT2D eigenvalue weighted by Crippen LogP contribution is 2.21. The normalized spacial score (nSPS) is 11.0. The molecule has 4 rings (SSSR count). The number of fused-ring (bicyclic) bond motifs is 1. The molecule has 0 saturated heterocycles. The fourth-order valence-corrected chi connectivity index (χ4v) is 3.58. The number of thioether (sulfide) groups is 1. The van der Waals surface area contributed by atoms with Crippen LogP contribution in [0.3, 0.4) is 0 Å². The van der Waals surface area contributed by atoms with Gasteiger partial charge in [-0.1, -0.05) is 29.1 Å². The standard InChI is InChI=1S/C20H17N5O3S/c1-12-7-8-21-16(9-12)25-19(27)14-5-3-4-6-15(14)22-20(25)29-11-17(26)23-18-10-13(2)24-28-18/h3-10H,11H2,1-2H3,(H,23,26). The van der Waals surface area contributed by atoms with Gasteiger partial charge in [-0.15, -0.1) is 0 Å². The maximum atomic E-state index is 13.1. The third-order valence-electron chi connectivity index (χ3n) is 4.10. The van der Waals surface area contributed by atoms with Crippen LogP contribution in [0.25, 0.3) is 16.7 Å². The zero-order valence-corrected chi connectivity index (χ0v) is 16.6. The Balaban J connectivity index is 1.69. The second-order valence-corrected chi connectivity index (χ2v) is 7.36. The SMILES string of the molecule is Cc1ccnc(-n2c(SCC(=O)Nc3cc(C)no3)nc3ccccc3c2=O)c1. The van der Waals surface area contributed by atoms with Crippen LogP contribution in [-0.2, 0) is 4.79 Å². The smallest absolute Gasteiger partial charge is 0.267 e. The molecule has 0 bridgehead atoms. The van der Waals surface area contributed by atoms with E-state index in [0.29, 0.717) is 27.6 Å². The number of nitrogens with one attached hydrogen (secondary N) is 1. The highest BCUT2D eigenvalue weighted by Gasteiger charge is 2.16. The average molecular weight is 407 g/mol. The lowest BCUT2D eigenvalue weighted by Gasteiger charge is -2.12. The van der Waals surface area contributed by atoms with Gasteiger partial charge in [-0.2, -0.15) is 0 Å². The second-order valence-electron chi connectivity index (χ2n) is 6.41. The van der Waals surface area contributed by atoms with Crippen molar-refractivity contribution in [2.24, 2.45) is 0 Å². The lowest BCUT2D eigenvalue weighted by atomic mass is 10.2. The van der Waals surface area contributed by atoms with Gasteiger partial charge in [0.1, 0.15) is 5.82 Å². The lowest BCUT2D eigenvalue weighted by Crippen LogP contribution is -2.23. The third-order valence-corrected chi connectivity index (χ3v) is 5.04. The quantitative estimate of drug-likeness (QED) is 0.400. The van der Waals surface area contributed by atoms with Gasteiger partial charge < -0.3 is 4.52 Å². The van der Waals surface area contributed by atoms with Gasteiger partial charge in [-0.05, 0) is 43.7 Å². The van der Waals surface area contributed by atoms with E-state index in [1.165, 1.54) is 4.57 Å². The molecule has 3 aromatic heterocycles. The highest BCUT2D eigenvalue weighted by atomic mass is 32.2. The molecule has 9 heteroatoms. The first-order chi connectivity index (χ1) is 14.0. The van der Waals surface area contributed by atoms with Gasteiger partial charge in [0, 0.05) is 12.3 Å². The molecule has 0 unspecified atom stereocenters. The molecule has 0 aliphatic rings. The topological polar surface area (TPSA) is 103 Å². The number of amides is 1. The number of carbonyl (C=O) groups excluding carboxylic acids is 1. The van der Waals surface area contributed by atoms with E-state index in [4.69, 9.17) is 4.52 Å². The summed E-state index contributed by atoms with van der Waals surface area (Å²) in [5.41, 5.74) is 1.96. The minimum Gasteiger partial charge on any atom is -0.338 e. The van der Waals surface area contributed by atoms with Gasteiger partial charge in [0.05, 0.1) is 22.3 Å². The second kappa shape index (κ2) is 7.88. The Morgan fingerprint density at radius 3 is 2.79 bits per heavy atom. The minimum absolute atomic E-state index is 0.0380. The highest BCUT2D eigenvalue weighted by molar-refractivity contribution is 7.99. The molecule has 4 aromatic rings. The summed E-state index contributed by atoms with van der Waals surface area (Å²) in [6.07, 6.45) is 1.64. The summed E-state index contributed by atoms with van der Waals surface area (Å²) >= 11 is 1.15. The van der Waals surface area contributed by atoms with Gasteiger partial charge in [-0.3, -0.25) is 14.9 Å². The summed E-state index contributed by atoms with van der Waals surface area (Å²) < 4.78 is 6.43. The van der Waals surface area contributed by atoms with Gasteiger partial charge in [0.25, 0.3) is 5.56 Å². The molecule has 0 radical (unpaired) electrons. The molecule has 146 valence electrons. The van der Waals surface area contributed by atoms with Crippen molar-refractivity contribution in [2.45, 2.75) is 19.0 Å². The molecule has 1 amide bonds. The minimum atomic E-state index is -0.294. The van der Waals surface area contributed by atoms with Gasteiger partial charge in [0.2, 0.25) is 11.8 Å². The van der Waals surface area contributed by atoms with Gasteiger partial charge >= 0.3 is 0 Å². The number of hydrogen-bond donors (Lipinski definition) is 1. The maximum Gasteiger partial charge on any atom is 0.267 e. The molecule has 0 aliphatic heterocycles. The number of aromatic nitrogens is 4. The zero-order chi connectivity index (χ0) is 20.4. The van der Waals surface area contributed by atoms with Crippen LogP contribution in [0.15, 0.2) is 63.1 Å². The van der Waals surface area contributed by atoms with Gasteiger partial charge in [0.15, 0.2) is 5.16 Å². The van der Waals surface area contributed by atoms with E-state index in [2.05, 4.69) is 20.4 Å². The molecule has 0 saturated carbocycles. The van der Waals surface area contributed by atoms with Crippen LogP contribution >= 0.6 is 11.8 Å². The Morgan fingerprint density at radius 2 is 2.03 bits per heavy atom. The predicted molar refractivity (Wildman–Crippen MR) is 110 cm³/mol. The van der Waals surface area contributed by atoms with Crippen molar-refractivity contribution < 1.29 is 9.32 Å². The Kier molecular flexibility index (Phi) is 5.13. The first-order valence-electron chi connectivity index (χ1n) is 8.82. The number of aryl methyl sites for hydroxylation is 2. The van der Waals surface area contributed by atoms with Crippen molar-refractivity contribution in [3.63, 3.8) is 0 Å². The molecule has 0 spiro atoms. The molecule has 29 heavy (non-hydrogen) atoms. The fourth-order valence-electron chi connectivity index (χ4n) is 2.78. The maximum absolute atomic E-state index is 13.1. The Bertz CT molecular complexity index is 1260. The van der Waals surface area contributed by atoms with Gasteiger partial charge in [-0.25, -0.2) is 14.5 Å². The van der Waals surface area contributed by atoms with E-state index in [0.717, 1.165) is 17.3 Å². The Hall–Kier alpha value is -3.46. The Morgan fingerprint density at radius 1 is 1.21 bits per heavy atom. The van der Waals surface area contributed by atoms with Crippen molar-refractivity contribution in [3.05, 3.63) is 70.3 Å². The molecule has 0 fully saturated rings. The van der Waals surface area contributed by atoms with E-state index in [-0.39, 0.29) is 23.1 Å². The van der Waals surface area contributed by atoms with Crippen LogP contribution in [0.4, 0.5) is 5.88 Å².